The van der Waals surface area contributed by atoms with Crippen molar-refractivity contribution in [1.29, 1.82) is 0 Å². The number of hydrogen-bond acceptors (Lipinski definition) is 2. The Morgan fingerprint density at radius 1 is 1.29 bits per heavy atom. The number of aryl methyl sites for hydroxylation is 1. The summed E-state index contributed by atoms with van der Waals surface area (Å²) in [4.78, 5) is 7.19. The molecule has 3 N–H and O–H groups in total. The van der Waals surface area contributed by atoms with Crippen LogP contribution in [0, 0.1) is 6.92 Å². The van der Waals surface area contributed by atoms with Gasteiger partial charge in [0.05, 0.1) is 5.69 Å². The summed E-state index contributed by atoms with van der Waals surface area (Å²) in [5, 5.41) is 0. The molecule has 0 bridgehead atoms. The number of aromatic nitrogens is 2. The third-order valence-corrected chi connectivity index (χ3v) is 2.55. The number of nitrogens with two attached hydrogens (primary N) is 1. The van der Waals surface area contributed by atoms with Crippen LogP contribution in [0.15, 0.2) is 28.7 Å². The summed E-state index contributed by atoms with van der Waals surface area (Å²) in [6.07, 6.45) is 0. The molecular formula is C10H10BrN3. The summed E-state index contributed by atoms with van der Waals surface area (Å²) in [6.45, 7) is 1.96. The fourth-order valence-corrected chi connectivity index (χ4v) is 1.64. The fraction of sp³-hybridized carbons (Fsp3) is 0.100. The first kappa shape index (κ1) is 9.27. The average molecular weight is 252 g/mol. The van der Waals surface area contributed by atoms with Crippen molar-refractivity contribution in [3.63, 3.8) is 0 Å². The molecule has 2 rings (SSSR count). The molecule has 0 atom stereocenters. The maximum Gasteiger partial charge on any atom is 0.198 e. The van der Waals surface area contributed by atoms with Gasteiger partial charge in [0.1, 0.15) is 0 Å². The minimum atomic E-state index is 0.459. The summed E-state index contributed by atoms with van der Waals surface area (Å²) in [6, 6.07) is 7.98. The molecule has 0 amide bonds. The lowest BCUT2D eigenvalue weighted by Crippen LogP contribution is -1.85. The van der Waals surface area contributed by atoms with Crippen LogP contribution in [0.2, 0.25) is 0 Å². The molecule has 14 heavy (non-hydrogen) atoms. The third-order valence-electron chi connectivity index (χ3n) is 2.02. The molecule has 0 spiro atoms. The zero-order chi connectivity index (χ0) is 10.1. The molecule has 1 aromatic carbocycles. The highest BCUT2D eigenvalue weighted by Gasteiger charge is 2.06. The van der Waals surface area contributed by atoms with E-state index in [9.17, 15) is 0 Å². The normalized spacial score (nSPS) is 10.4. The van der Waals surface area contributed by atoms with Crippen molar-refractivity contribution in [2.45, 2.75) is 6.92 Å². The minimum absolute atomic E-state index is 0.459. The molecule has 0 aliphatic carbocycles. The Morgan fingerprint density at radius 3 is 2.43 bits per heavy atom. The first-order chi connectivity index (χ1) is 6.66. The van der Waals surface area contributed by atoms with Gasteiger partial charge in [0, 0.05) is 15.7 Å². The molecule has 3 nitrogen and oxygen atoms in total. The number of aromatic amines is 1. The molecule has 72 valence electrons. The third kappa shape index (κ3) is 1.65. The topological polar surface area (TPSA) is 54.7 Å². The van der Waals surface area contributed by atoms with Crippen molar-refractivity contribution in [2.75, 3.05) is 5.73 Å². The molecule has 0 radical (unpaired) electrons. The second-order valence-corrected chi connectivity index (χ2v) is 4.02. The SMILES string of the molecule is Cc1[nH]c(N)nc1-c1ccc(Br)cc1. The number of anilines is 1. The molecule has 1 aromatic heterocycles. The second-order valence-electron chi connectivity index (χ2n) is 3.10. The van der Waals surface area contributed by atoms with Crippen molar-refractivity contribution >= 4 is 21.9 Å². The molecule has 0 aliphatic heterocycles. The van der Waals surface area contributed by atoms with Crippen molar-refractivity contribution in [3.8, 4) is 11.3 Å². The second kappa shape index (κ2) is 3.46. The van der Waals surface area contributed by atoms with E-state index in [-0.39, 0.29) is 0 Å². The largest absolute Gasteiger partial charge is 0.369 e. The summed E-state index contributed by atoms with van der Waals surface area (Å²) >= 11 is 3.39. The first-order valence-electron chi connectivity index (χ1n) is 4.25. The van der Waals surface area contributed by atoms with Crippen LogP contribution in [-0.4, -0.2) is 9.97 Å². The van der Waals surface area contributed by atoms with Gasteiger partial charge in [-0.25, -0.2) is 4.98 Å². The Balaban J connectivity index is 2.49. The van der Waals surface area contributed by atoms with Gasteiger partial charge >= 0.3 is 0 Å². The molecular weight excluding hydrogens is 242 g/mol. The van der Waals surface area contributed by atoms with Crippen LogP contribution in [0.4, 0.5) is 5.95 Å². The zero-order valence-corrected chi connectivity index (χ0v) is 9.30. The van der Waals surface area contributed by atoms with Gasteiger partial charge in [0.2, 0.25) is 0 Å². The summed E-state index contributed by atoms with van der Waals surface area (Å²) in [5.74, 6) is 0.459. The Hall–Kier alpha value is -1.29. The highest BCUT2D eigenvalue weighted by Crippen LogP contribution is 2.23. The summed E-state index contributed by atoms with van der Waals surface area (Å²) < 4.78 is 1.06. The summed E-state index contributed by atoms with van der Waals surface area (Å²) in [5.41, 5.74) is 8.54. The quantitative estimate of drug-likeness (QED) is 0.819. The van der Waals surface area contributed by atoms with E-state index in [1.807, 2.05) is 31.2 Å². The number of nitrogens with zero attached hydrogens (tertiary/aromatic N) is 1. The fourth-order valence-electron chi connectivity index (χ4n) is 1.37. The van der Waals surface area contributed by atoms with E-state index in [2.05, 4.69) is 25.9 Å². The molecule has 1 heterocycles. The van der Waals surface area contributed by atoms with Gasteiger partial charge in [-0.2, -0.15) is 0 Å². The van der Waals surface area contributed by atoms with Gasteiger partial charge in [-0.15, -0.1) is 0 Å². The molecule has 0 saturated heterocycles. The van der Waals surface area contributed by atoms with Crippen molar-refractivity contribution in [2.24, 2.45) is 0 Å². The number of benzene rings is 1. The van der Waals surface area contributed by atoms with E-state index >= 15 is 0 Å². The van der Waals surface area contributed by atoms with Gasteiger partial charge in [0.15, 0.2) is 5.95 Å². The van der Waals surface area contributed by atoms with E-state index in [0.717, 1.165) is 21.4 Å². The van der Waals surface area contributed by atoms with Gasteiger partial charge in [-0.3, -0.25) is 0 Å². The van der Waals surface area contributed by atoms with Gasteiger partial charge in [0.25, 0.3) is 0 Å². The first-order valence-corrected chi connectivity index (χ1v) is 5.04. The highest BCUT2D eigenvalue weighted by atomic mass is 79.9. The number of rotatable bonds is 1. The van der Waals surface area contributed by atoms with Crippen molar-refractivity contribution < 1.29 is 0 Å². The molecule has 0 fully saturated rings. The van der Waals surface area contributed by atoms with E-state index in [1.54, 1.807) is 0 Å². The van der Waals surface area contributed by atoms with E-state index in [0.29, 0.717) is 5.95 Å². The Morgan fingerprint density at radius 2 is 1.93 bits per heavy atom. The number of H-pyrrole nitrogens is 1. The summed E-state index contributed by atoms with van der Waals surface area (Å²) in [7, 11) is 0. The van der Waals surface area contributed by atoms with Crippen molar-refractivity contribution in [3.05, 3.63) is 34.4 Å². The molecule has 0 aliphatic rings. The van der Waals surface area contributed by atoms with Crippen LogP contribution in [-0.2, 0) is 0 Å². The molecule has 2 aromatic rings. The lowest BCUT2D eigenvalue weighted by Gasteiger charge is -1.97. The van der Waals surface area contributed by atoms with Gasteiger partial charge < -0.3 is 10.7 Å². The number of halogens is 1. The predicted octanol–water partition coefficient (Wildman–Crippen LogP) is 2.73. The average Bonchev–Trinajstić information content (AvgIpc) is 2.47. The van der Waals surface area contributed by atoms with E-state index in [4.69, 9.17) is 5.73 Å². The minimum Gasteiger partial charge on any atom is -0.369 e. The van der Waals surface area contributed by atoms with Crippen LogP contribution in [0.1, 0.15) is 5.69 Å². The number of nitrogens with one attached hydrogen (secondary N) is 1. The van der Waals surface area contributed by atoms with Gasteiger partial charge in [-0.05, 0) is 19.1 Å². The monoisotopic (exact) mass is 251 g/mol. The Labute approximate surface area is 90.5 Å². The highest BCUT2D eigenvalue weighted by molar-refractivity contribution is 9.10. The van der Waals surface area contributed by atoms with Crippen LogP contribution < -0.4 is 5.73 Å². The standard InChI is InChI=1S/C10H10BrN3/c1-6-9(14-10(12)13-6)7-2-4-8(11)5-3-7/h2-5H,1H3,(H3,12,13,14). The maximum absolute atomic E-state index is 5.57. The predicted molar refractivity (Wildman–Crippen MR) is 60.9 cm³/mol. The lowest BCUT2D eigenvalue weighted by molar-refractivity contribution is 1.26. The zero-order valence-electron chi connectivity index (χ0n) is 7.71. The van der Waals surface area contributed by atoms with Gasteiger partial charge in [-0.1, -0.05) is 28.1 Å². The Kier molecular flexibility index (Phi) is 2.29. The molecule has 0 saturated carbocycles. The van der Waals surface area contributed by atoms with Crippen LogP contribution in [0.5, 0.6) is 0 Å². The molecule has 4 heteroatoms. The number of nitrogen functional groups attached to an aromatic ring is 1. The van der Waals surface area contributed by atoms with E-state index < -0.39 is 0 Å². The van der Waals surface area contributed by atoms with Crippen LogP contribution in [0.3, 0.4) is 0 Å². The maximum atomic E-state index is 5.57. The van der Waals surface area contributed by atoms with Crippen LogP contribution in [0.25, 0.3) is 11.3 Å². The van der Waals surface area contributed by atoms with Crippen molar-refractivity contribution in [1.82, 2.24) is 9.97 Å². The Bertz CT molecular complexity index is 445. The van der Waals surface area contributed by atoms with E-state index in [1.165, 1.54) is 0 Å². The number of hydrogen-bond donors (Lipinski definition) is 2. The number of imidazole rings is 1. The lowest BCUT2D eigenvalue weighted by atomic mass is 10.1. The molecule has 0 unspecified atom stereocenters. The smallest absolute Gasteiger partial charge is 0.198 e. The van der Waals surface area contributed by atoms with Crippen LogP contribution >= 0.6 is 15.9 Å².